The van der Waals surface area contributed by atoms with Crippen molar-refractivity contribution >= 4 is 22.6 Å². The van der Waals surface area contributed by atoms with Crippen LogP contribution in [0.2, 0.25) is 0 Å². The van der Waals surface area contributed by atoms with Gasteiger partial charge in [-0.15, -0.1) is 0 Å². The molecule has 0 unspecified atom stereocenters. The highest BCUT2D eigenvalue weighted by Gasteiger charge is 2.17. The number of aromatic nitrogens is 4. The number of anilines is 1. The smallest absolute Gasteiger partial charge is 0.221 e. The Hall–Kier alpha value is -3.74. The summed E-state index contributed by atoms with van der Waals surface area (Å²) in [6.07, 6.45) is 4.02. The SMILES string of the molecule is Cc1ccc(-c2cccnc2CCC(=O)c2nc(N)nc3c(F)cccc23)nc1. The molecule has 0 aliphatic heterocycles. The fraction of sp³-hybridized carbons (Fsp3) is 0.136. The monoisotopic (exact) mass is 387 g/mol. The number of Topliss-reactive ketones (excluding diaryl/α,β-unsaturated/α-hetero) is 1. The van der Waals surface area contributed by atoms with Crippen molar-refractivity contribution in [3.05, 3.63) is 77.6 Å². The number of nitrogens with two attached hydrogens (primary N) is 1. The number of aryl methyl sites for hydroxylation is 2. The highest BCUT2D eigenvalue weighted by atomic mass is 19.1. The van der Waals surface area contributed by atoms with Crippen LogP contribution < -0.4 is 5.73 Å². The Morgan fingerprint density at radius 3 is 2.72 bits per heavy atom. The molecule has 0 amide bonds. The summed E-state index contributed by atoms with van der Waals surface area (Å²) in [4.78, 5) is 29.7. The zero-order valence-electron chi connectivity index (χ0n) is 15.8. The number of benzene rings is 1. The van der Waals surface area contributed by atoms with Crippen molar-refractivity contribution < 1.29 is 9.18 Å². The van der Waals surface area contributed by atoms with Gasteiger partial charge < -0.3 is 5.73 Å². The normalized spacial score (nSPS) is 11.0. The maximum absolute atomic E-state index is 14.1. The molecular formula is C22H18FN5O. The molecule has 6 nitrogen and oxygen atoms in total. The molecule has 29 heavy (non-hydrogen) atoms. The lowest BCUT2D eigenvalue weighted by atomic mass is 10.0. The Kier molecular flexibility index (Phi) is 4.95. The number of halogens is 1. The number of rotatable bonds is 5. The molecule has 0 atom stereocenters. The average Bonchev–Trinajstić information content (AvgIpc) is 2.73. The molecule has 4 aromatic rings. The van der Waals surface area contributed by atoms with Crippen LogP contribution in [0, 0.1) is 12.7 Å². The molecule has 3 heterocycles. The van der Waals surface area contributed by atoms with Gasteiger partial charge in [0.25, 0.3) is 0 Å². The maximum Gasteiger partial charge on any atom is 0.221 e. The topological polar surface area (TPSA) is 94.7 Å². The Morgan fingerprint density at radius 1 is 1.07 bits per heavy atom. The number of para-hydroxylation sites is 1. The molecule has 0 saturated heterocycles. The summed E-state index contributed by atoms with van der Waals surface area (Å²) < 4.78 is 14.1. The molecule has 1 aromatic carbocycles. The van der Waals surface area contributed by atoms with Crippen molar-refractivity contribution in [3.8, 4) is 11.3 Å². The fourth-order valence-corrected chi connectivity index (χ4v) is 3.19. The first-order valence-corrected chi connectivity index (χ1v) is 9.15. The summed E-state index contributed by atoms with van der Waals surface area (Å²) in [5, 5.41) is 0.352. The Balaban J connectivity index is 1.63. The highest BCUT2D eigenvalue weighted by molar-refractivity contribution is 6.06. The third-order valence-corrected chi connectivity index (χ3v) is 4.63. The van der Waals surface area contributed by atoms with E-state index in [1.165, 1.54) is 12.1 Å². The van der Waals surface area contributed by atoms with Crippen LogP contribution in [0.5, 0.6) is 0 Å². The van der Waals surface area contributed by atoms with Crippen LogP contribution in [-0.4, -0.2) is 25.7 Å². The zero-order chi connectivity index (χ0) is 20.4. The van der Waals surface area contributed by atoms with Crippen LogP contribution in [0.4, 0.5) is 10.3 Å². The van der Waals surface area contributed by atoms with Crippen molar-refractivity contribution in [3.63, 3.8) is 0 Å². The van der Waals surface area contributed by atoms with Gasteiger partial charge in [-0.2, -0.15) is 0 Å². The van der Waals surface area contributed by atoms with E-state index in [0.29, 0.717) is 11.8 Å². The number of hydrogen-bond acceptors (Lipinski definition) is 6. The van der Waals surface area contributed by atoms with Crippen molar-refractivity contribution in [2.24, 2.45) is 0 Å². The second-order valence-corrected chi connectivity index (χ2v) is 6.71. The van der Waals surface area contributed by atoms with Crippen molar-refractivity contribution in [1.82, 2.24) is 19.9 Å². The summed E-state index contributed by atoms with van der Waals surface area (Å²) in [5.74, 6) is -0.917. The maximum atomic E-state index is 14.1. The van der Waals surface area contributed by atoms with Gasteiger partial charge in [-0.3, -0.25) is 14.8 Å². The largest absolute Gasteiger partial charge is 0.368 e. The molecule has 0 aliphatic carbocycles. The molecule has 3 aromatic heterocycles. The molecule has 0 bridgehead atoms. The van der Waals surface area contributed by atoms with E-state index in [1.807, 2.05) is 31.2 Å². The Morgan fingerprint density at radius 2 is 1.93 bits per heavy atom. The molecule has 0 aliphatic rings. The molecule has 7 heteroatoms. The average molecular weight is 387 g/mol. The number of carbonyl (C=O) groups is 1. The lowest BCUT2D eigenvalue weighted by molar-refractivity contribution is 0.0979. The summed E-state index contributed by atoms with van der Waals surface area (Å²) >= 11 is 0. The van der Waals surface area contributed by atoms with Gasteiger partial charge in [0.1, 0.15) is 17.0 Å². The number of carbonyl (C=O) groups excluding carboxylic acids is 1. The van der Waals surface area contributed by atoms with E-state index in [4.69, 9.17) is 5.73 Å². The van der Waals surface area contributed by atoms with Crippen LogP contribution in [0.3, 0.4) is 0 Å². The van der Waals surface area contributed by atoms with E-state index in [1.54, 1.807) is 18.5 Å². The van der Waals surface area contributed by atoms with Gasteiger partial charge in [-0.25, -0.2) is 14.4 Å². The minimum absolute atomic E-state index is 0.0470. The predicted molar refractivity (Wildman–Crippen MR) is 109 cm³/mol. The lowest BCUT2D eigenvalue weighted by Gasteiger charge is -2.09. The van der Waals surface area contributed by atoms with Gasteiger partial charge >= 0.3 is 0 Å². The standard InChI is InChI=1S/C22H18FN5O/c1-13-7-8-18(26-12-13)14-5-3-11-25-17(14)9-10-19(29)21-15-4-2-6-16(23)20(15)27-22(24)28-21/h2-8,11-12H,9-10H2,1H3,(H2,24,27,28). The minimum atomic E-state index is -0.539. The first-order chi connectivity index (χ1) is 14.0. The van der Waals surface area contributed by atoms with E-state index >= 15 is 0 Å². The van der Waals surface area contributed by atoms with Crippen LogP contribution in [-0.2, 0) is 6.42 Å². The highest BCUT2D eigenvalue weighted by Crippen LogP contribution is 2.24. The van der Waals surface area contributed by atoms with Crippen LogP contribution in [0.15, 0.2) is 54.9 Å². The van der Waals surface area contributed by atoms with Gasteiger partial charge in [0, 0.05) is 29.8 Å². The lowest BCUT2D eigenvalue weighted by Crippen LogP contribution is -2.10. The number of nitrogens with zero attached hydrogens (tertiary/aromatic N) is 4. The number of nitrogen functional groups attached to an aromatic ring is 1. The Bertz CT molecular complexity index is 1210. The van der Waals surface area contributed by atoms with Crippen LogP contribution >= 0.6 is 0 Å². The van der Waals surface area contributed by atoms with Crippen molar-refractivity contribution in [2.75, 3.05) is 5.73 Å². The van der Waals surface area contributed by atoms with Crippen LogP contribution in [0.1, 0.15) is 28.2 Å². The number of fused-ring (bicyclic) bond motifs is 1. The van der Waals surface area contributed by atoms with Crippen molar-refractivity contribution in [1.29, 1.82) is 0 Å². The second kappa shape index (κ2) is 7.71. The summed E-state index contributed by atoms with van der Waals surface area (Å²) in [6, 6.07) is 12.1. The van der Waals surface area contributed by atoms with Gasteiger partial charge in [0.2, 0.25) is 5.95 Å². The fourth-order valence-electron chi connectivity index (χ4n) is 3.19. The number of pyridine rings is 2. The van der Waals surface area contributed by atoms with Gasteiger partial charge in [-0.1, -0.05) is 18.2 Å². The molecular weight excluding hydrogens is 369 g/mol. The molecule has 4 rings (SSSR count). The summed E-state index contributed by atoms with van der Waals surface area (Å²) in [6.45, 7) is 1.97. The van der Waals surface area contributed by atoms with E-state index in [2.05, 4.69) is 19.9 Å². The summed E-state index contributed by atoms with van der Waals surface area (Å²) in [5.41, 5.74) is 9.35. The van der Waals surface area contributed by atoms with E-state index < -0.39 is 5.82 Å². The summed E-state index contributed by atoms with van der Waals surface area (Å²) in [7, 11) is 0. The number of ketones is 1. The third kappa shape index (κ3) is 3.80. The predicted octanol–water partition coefficient (Wildman–Crippen LogP) is 3.93. The molecule has 0 radical (unpaired) electrons. The van der Waals surface area contributed by atoms with E-state index in [-0.39, 0.29) is 29.4 Å². The van der Waals surface area contributed by atoms with Gasteiger partial charge in [0.15, 0.2) is 5.78 Å². The molecule has 0 fully saturated rings. The van der Waals surface area contributed by atoms with Gasteiger partial charge in [0.05, 0.1) is 11.4 Å². The molecule has 0 spiro atoms. The molecule has 2 N–H and O–H groups in total. The van der Waals surface area contributed by atoms with Gasteiger partial charge in [-0.05, 0) is 43.2 Å². The van der Waals surface area contributed by atoms with Crippen LogP contribution in [0.25, 0.3) is 22.2 Å². The third-order valence-electron chi connectivity index (χ3n) is 4.63. The van der Waals surface area contributed by atoms with Crippen molar-refractivity contribution in [2.45, 2.75) is 19.8 Å². The first kappa shape index (κ1) is 18.6. The first-order valence-electron chi connectivity index (χ1n) is 9.15. The molecule has 0 saturated carbocycles. The minimum Gasteiger partial charge on any atom is -0.368 e. The Labute approximate surface area is 166 Å². The van der Waals surface area contributed by atoms with E-state index in [9.17, 15) is 9.18 Å². The van der Waals surface area contributed by atoms with E-state index in [0.717, 1.165) is 22.5 Å². The number of hydrogen-bond donors (Lipinski definition) is 1. The zero-order valence-corrected chi connectivity index (χ0v) is 15.8. The second-order valence-electron chi connectivity index (χ2n) is 6.71. The quantitative estimate of drug-likeness (QED) is 0.521. The molecule has 144 valence electrons.